The molecule has 0 bridgehead atoms. The highest BCUT2D eigenvalue weighted by atomic mass is 19.3. The van der Waals surface area contributed by atoms with Gasteiger partial charge in [0.05, 0.1) is 5.56 Å². The summed E-state index contributed by atoms with van der Waals surface area (Å²) in [4.78, 5) is 15.5. The molecule has 2 aromatic carbocycles. The number of carbonyl (C=O) groups excluding carboxylic acids is 1. The van der Waals surface area contributed by atoms with Crippen molar-refractivity contribution >= 4 is 11.6 Å². The van der Waals surface area contributed by atoms with Crippen LogP contribution in [-0.2, 0) is 0 Å². The van der Waals surface area contributed by atoms with Crippen molar-refractivity contribution in [1.29, 1.82) is 0 Å². The van der Waals surface area contributed by atoms with Crippen LogP contribution in [0.5, 0.6) is 5.75 Å². The molecular formula is C13H10FNO2. The van der Waals surface area contributed by atoms with Gasteiger partial charge < -0.3 is 5.32 Å². The maximum absolute atomic E-state index is 12.2. The molecule has 2 rings (SSSR count). The minimum Gasteiger partial charge on any atom is -0.322 e. The average Bonchev–Trinajstić information content (AvgIpc) is 2.40. The molecule has 1 amide bonds. The highest BCUT2D eigenvalue weighted by molar-refractivity contribution is 6.06. The first-order valence-electron chi connectivity index (χ1n) is 5.05. The maximum Gasteiger partial charge on any atom is 0.259 e. The van der Waals surface area contributed by atoms with Crippen molar-refractivity contribution in [2.45, 2.75) is 0 Å². The lowest BCUT2D eigenvalue weighted by Gasteiger charge is -2.06. The smallest absolute Gasteiger partial charge is 0.259 e. The summed E-state index contributed by atoms with van der Waals surface area (Å²) >= 11 is 0. The number of para-hydroxylation sites is 2. The molecule has 0 aromatic heterocycles. The minimum atomic E-state index is -0.413. The molecule has 1 N–H and O–H groups in total. The van der Waals surface area contributed by atoms with Gasteiger partial charge in [0.1, 0.15) is 0 Å². The van der Waals surface area contributed by atoms with Gasteiger partial charge in [-0.25, -0.2) is 0 Å². The van der Waals surface area contributed by atoms with Crippen molar-refractivity contribution in [3.05, 3.63) is 60.2 Å². The number of benzene rings is 2. The fraction of sp³-hybridized carbons (Fsp3) is 0. The van der Waals surface area contributed by atoms with Gasteiger partial charge in [-0.1, -0.05) is 30.3 Å². The monoisotopic (exact) mass is 231 g/mol. The molecule has 0 unspecified atom stereocenters. The van der Waals surface area contributed by atoms with Crippen LogP contribution in [0.15, 0.2) is 54.6 Å². The summed E-state index contributed by atoms with van der Waals surface area (Å²) < 4.78 is 12.2. The molecule has 0 aliphatic heterocycles. The maximum atomic E-state index is 12.2. The number of halogens is 1. The van der Waals surface area contributed by atoms with Gasteiger partial charge in [0, 0.05) is 10.2 Å². The predicted octanol–water partition coefficient (Wildman–Crippen LogP) is 3.20. The third-order valence-corrected chi connectivity index (χ3v) is 2.25. The van der Waals surface area contributed by atoms with E-state index in [1.54, 1.807) is 36.4 Å². The molecule has 0 aliphatic rings. The van der Waals surface area contributed by atoms with Crippen molar-refractivity contribution in [2.75, 3.05) is 5.32 Å². The van der Waals surface area contributed by atoms with Crippen LogP contribution in [0.4, 0.5) is 10.2 Å². The molecule has 0 fully saturated rings. The van der Waals surface area contributed by atoms with E-state index in [4.69, 9.17) is 0 Å². The SMILES string of the molecule is O=C(Nc1ccccc1)c1ccccc1OF. The molecular weight excluding hydrogens is 221 g/mol. The van der Waals surface area contributed by atoms with E-state index in [2.05, 4.69) is 10.3 Å². The topological polar surface area (TPSA) is 38.3 Å². The molecule has 0 saturated heterocycles. The second-order valence-electron chi connectivity index (χ2n) is 3.39. The Hall–Kier alpha value is -2.36. The van der Waals surface area contributed by atoms with Crippen molar-refractivity contribution in [2.24, 2.45) is 0 Å². The van der Waals surface area contributed by atoms with Crippen LogP contribution >= 0.6 is 0 Å². The molecule has 0 heterocycles. The third-order valence-electron chi connectivity index (χ3n) is 2.25. The summed E-state index contributed by atoms with van der Waals surface area (Å²) in [6.45, 7) is 0. The molecule has 0 radical (unpaired) electrons. The minimum absolute atomic E-state index is 0.0964. The van der Waals surface area contributed by atoms with Gasteiger partial charge in [-0.3, -0.25) is 9.74 Å². The number of hydrogen-bond donors (Lipinski definition) is 1. The highest BCUT2D eigenvalue weighted by Gasteiger charge is 2.12. The summed E-state index contributed by atoms with van der Waals surface area (Å²) in [6, 6.07) is 15.0. The number of rotatable bonds is 3. The Labute approximate surface area is 97.7 Å². The molecule has 86 valence electrons. The summed E-state index contributed by atoms with van der Waals surface area (Å²) in [5.41, 5.74) is 0.796. The van der Waals surface area contributed by atoms with Crippen LogP contribution in [0.1, 0.15) is 10.4 Å². The zero-order valence-corrected chi connectivity index (χ0v) is 8.89. The van der Waals surface area contributed by atoms with Gasteiger partial charge in [0.2, 0.25) is 0 Å². The van der Waals surface area contributed by atoms with Crippen LogP contribution in [0.3, 0.4) is 0 Å². The third kappa shape index (κ3) is 2.60. The van der Waals surface area contributed by atoms with Crippen LogP contribution < -0.4 is 10.3 Å². The summed E-state index contributed by atoms with van der Waals surface area (Å²) in [5, 5.41) is 2.65. The molecule has 3 nitrogen and oxygen atoms in total. The molecule has 4 heteroatoms. The number of amides is 1. The van der Waals surface area contributed by atoms with Crippen molar-refractivity contribution < 1.29 is 14.3 Å². The Balaban J connectivity index is 2.20. The first kappa shape index (κ1) is 11.1. The average molecular weight is 231 g/mol. The zero-order valence-electron chi connectivity index (χ0n) is 8.89. The summed E-state index contributed by atoms with van der Waals surface area (Å²) in [6.07, 6.45) is 0. The number of hydrogen-bond acceptors (Lipinski definition) is 2. The van der Waals surface area contributed by atoms with E-state index < -0.39 is 5.91 Å². The lowest BCUT2D eigenvalue weighted by molar-refractivity contribution is -0.00701. The van der Waals surface area contributed by atoms with Gasteiger partial charge in [0.25, 0.3) is 5.91 Å². The Kier molecular flexibility index (Phi) is 3.35. The molecule has 0 spiro atoms. The second kappa shape index (κ2) is 5.12. The normalized spacial score (nSPS) is 9.71. The quantitative estimate of drug-likeness (QED) is 0.880. The molecule has 2 aromatic rings. The number of carbonyl (C=O) groups is 1. The lowest BCUT2D eigenvalue weighted by atomic mass is 10.2. The highest BCUT2D eigenvalue weighted by Crippen LogP contribution is 2.19. The van der Waals surface area contributed by atoms with E-state index in [1.807, 2.05) is 6.07 Å². The largest absolute Gasteiger partial charge is 0.322 e. The van der Waals surface area contributed by atoms with Gasteiger partial charge in [-0.05, 0) is 24.3 Å². The van der Waals surface area contributed by atoms with Crippen molar-refractivity contribution in [3.8, 4) is 5.75 Å². The lowest BCUT2D eigenvalue weighted by Crippen LogP contribution is -2.12. The van der Waals surface area contributed by atoms with Gasteiger partial charge in [0.15, 0.2) is 5.75 Å². The Morgan fingerprint density at radius 2 is 1.65 bits per heavy atom. The first-order chi connectivity index (χ1) is 8.31. The van der Waals surface area contributed by atoms with E-state index >= 15 is 0 Å². The standard InChI is InChI=1S/C13H10FNO2/c14-17-12-9-5-4-8-11(12)13(16)15-10-6-2-1-3-7-10/h1-9H,(H,15,16). The van der Waals surface area contributed by atoms with Crippen LogP contribution in [-0.4, -0.2) is 5.91 Å². The Morgan fingerprint density at radius 3 is 2.35 bits per heavy atom. The number of nitrogens with one attached hydrogen (secondary N) is 1. The van der Waals surface area contributed by atoms with Crippen molar-refractivity contribution in [3.63, 3.8) is 0 Å². The Bertz CT molecular complexity index is 514. The van der Waals surface area contributed by atoms with E-state index in [9.17, 15) is 9.32 Å². The van der Waals surface area contributed by atoms with E-state index in [0.29, 0.717) is 5.69 Å². The fourth-order valence-electron chi connectivity index (χ4n) is 1.44. The van der Waals surface area contributed by atoms with E-state index in [-0.39, 0.29) is 11.3 Å². The molecule has 0 atom stereocenters. The van der Waals surface area contributed by atoms with Crippen LogP contribution in [0, 0.1) is 0 Å². The predicted molar refractivity (Wildman–Crippen MR) is 62.6 cm³/mol. The second-order valence-corrected chi connectivity index (χ2v) is 3.39. The summed E-state index contributed by atoms with van der Waals surface area (Å²) in [7, 11) is 0. The molecule has 0 saturated carbocycles. The molecule has 17 heavy (non-hydrogen) atoms. The fourth-order valence-corrected chi connectivity index (χ4v) is 1.44. The van der Waals surface area contributed by atoms with Crippen LogP contribution in [0.25, 0.3) is 0 Å². The van der Waals surface area contributed by atoms with Gasteiger partial charge in [-0.15, -0.1) is 0 Å². The summed E-state index contributed by atoms with van der Waals surface area (Å²) in [5.74, 6) is -0.509. The van der Waals surface area contributed by atoms with Gasteiger partial charge >= 0.3 is 0 Å². The van der Waals surface area contributed by atoms with Crippen molar-refractivity contribution in [1.82, 2.24) is 0 Å². The van der Waals surface area contributed by atoms with Gasteiger partial charge in [-0.2, -0.15) is 0 Å². The van der Waals surface area contributed by atoms with Crippen LogP contribution in [0.2, 0.25) is 0 Å². The number of anilines is 1. The van der Waals surface area contributed by atoms with E-state index in [0.717, 1.165) is 0 Å². The first-order valence-corrected chi connectivity index (χ1v) is 5.05. The Morgan fingerprint density at radius 1 is 1.00 bits per heavy atom. The van der Waals surface area contributed by atoms with E-state index in [1.165, 1.54) is 12.1 Å². The molecule has 0 aliphatic carbocycles. The zero-order chi connectivity index (χ0) is 12.1.